The SMILES string of the molecule is O=C1O/C(=C/c2cc3c4c(c2)CCCN4CCC3)C(=O)N1CCC1=CCCC=C1. The molecule has 0 aromatic heterocycles. The highest BCUT2D eigenvalue weighted by Crippen LogP contribution is 2.36. The van der Waals surface area contributed by atoms with E-state index in [2.05, 4.69) is 35.3 Å². The summed E-state index contributed by atoms with van der Waals surface area (Å²) in [4.78, 5) is 28.7. The summed E-state index contributed by atoms with van der Waals surface area (Å²) in [5, 5.41) is 0. The van der Waals surface area contributed by atoms with E-state index in [0.29, 0.717) is 13.0 Å². The number of cyclic esters (lactones) is 1. The van der Waals surface area contributed by atoms with Crippen LogP contribution in [0.1, 0.15) is 48.8 Å². The van der Waals surface area contributed by atoms with Crippen LogP contribution >= 0.6 is 0 Å². The molecule has 0 radical (unpaired) electrons. The van der Waals surface area contributed by atoms with Gasteiger partial charge in [0.05, 0.1) is 0 Å². The normalized spacial score (nSPS) is 22.1. The zero-order valence-electron chi connectivity index (χ0n) is 16.7. The summed E-state index contributed by atoms with van der Waals surface area (Å²) in [5.74, 6) is -0.192. The Hall–Kier alpha value is -2.82. The number of allylic oxidation sites excluding steroid dienone is 3. The van der Waals surface area contributed by atoms with E-state index in [1.165, 1.54) is 40.1 Å². The van der Waals surface area contributed by atoms with Gasteiger partial charge in [0, 0.05) is 25.3 Å². The van der Waals surface area contributed by atoms with Crippen molar-refractivity contribution in [3.05, 3.63) is 58.4 Å². The fourth-order valence-electron chi connectivity index (χ4n) is 4.85. The van der Waals surface area contributed by atoms with Crippen molar-refractivity contribution in [3.8, 4) is 0 Å². The minimum absolute atomic E-state index is 0.138. The predicted molar refractivity (Wildman–Crippen MR) is 113 cm³/mol. The molecule has 0 atom stereocenters. The molecule has 0 spiro atoms. The lowest BCUT2D eigenvalue weighted by Gasteiger charge is -2.37. The highest BCUT2D eigenvalue weighted by molar-refractivity contribution is 6.10. The highest BCUT2D eigenvalue weighted by atomic mass is 16.6. The lowest BCUT2D eigenvalue weighted by Crippen LogP contribution is -2.34. The van der Waals surface area contributed by atoms with Crippen LogP contribution in [0.25, 0.3) is 6.08 Å². The molecule has 1 saturated heterocycles. The van der Waals surface area contributed by atoms with Gasteiger partial charge in [-0.25, -0.2) is 9.69 Å². The zero-order valence-corrected chi connectivity index (χ0v) is 16.7. The molecule has 1 aromatic rings. The van der Waals surface area contributed by atoms with Crippen molar-refractivity contribution >= 4 is 23.8 Å². The number of imide groups is 1. The summed E-state index contributed by atoms with van der Waals surface area (Å²) in [5.41, 5.74) is 6.23. The molecule has 2 amide bonds. The van der Waals surface area contributed by atoms with Crippen molar-refractivity contribution in [1.29, 1.82) is 0 Å². The molecule has 5 rings (SSSR count). The van der Waals surface area contributed by atoms with Gasteiger partial charge in [-0.2, -0.15) is 0 Å². The second kappa shape index (κ2) is 7.54. The van der Waals surface area contributed by atoms with E-state index in [4.69, 9.17) is 4.74 Å². The van der Waals surface area contributed by atoms with E-state index in [9.17, 15) is 9.59 Å². The first-order valence-electron chi connectivity index (χ1n) is 10.7. The Morgan fingerprint density at radius 1 is 1.03 bits per heavy atom. The number of carbonyl (C=O) groups excluding carboxylic acids is 2. The number of benzene rings is 1. The smallest absolute Gasteiger partial charge is 0.404 e. The monoisotopic (exact) mass is 390 g/mol. The Morgan fingerprint density at radius 2 is 1.79 bits per heavy atom. The number of anilines is 1. The summed E-state index contributed by atoms with van der Waals surface area (Å²) in [6.07, 6.45) is 14.8. The van der Waals surface area contributed by atoms with Crippen LogP contribution in [0.5, 0.6) is 0 Å². The molecule has 3 aliphatic heterocycles. The molecule has 0 saturated carbocycles. The van der Waals surface area contributed by atoms with Gasteiger partial charge in [0.15, 0.2) is 5.76 Å². The zero-order chi connectivity index (χ0) is 19.8. The van der Waals surface area contributed by atoms with Gasteiger partial charge >= 0.3 is 6.09 Å². The average molecular weight is 390 g/mol. The number of aryl methyl sites for hydroxylation is 2. The molecule has 1 aromatic carbocycles. The van der Waals surface area contributed by atoms with Crippen LogP contribution in [0, 0.1) is 0 Å². The van der Waals surface area contributed by atoms with Crippen molar-refractivity contribution < 1.29 is 14.3 Å². The van der Waals surface area contributed by atoms with Crippen LogP contribution in [0.2, 0.25) is 0 Å². The fraction of sp³-hybridized carbons (Fsp3) is 0.417. The largest absolute Gasteiger partial charge is 0.422 e. The summed E-state index contributed by atoms with van der Waals surface area (Å²) in [7, 11) is 0. The third-order valence-electron chi connectivity index (χ3n) is 6.22. The van der Waals surface area contributed by atoms with Crippen LogP contribution in [-0.4, -0.2) is 36.5 Å². The van der Waals surface area contributed by atoms with Crippen LogP contribution in [0.3, 0.4) is 0 Å². The Morgan fingerprint density at radius 3 is 2.48 bits per heavy atom. The van der Waals surface area contributed by atoms with Gasteiger partial charge in [0.2, 0.25) is 0 Å². The predicted octanol–water partition coefficient (Wildman–Crippen LogP) is 4.37. The maximum atomic E-state index is 12.8. The molecule has 5 heteroatoms. The minimum atomic E-state index is -0.563. The Labute approximate surface area is 171 Å². The number of carbonyl (C=O) groups is 2. The number of ether oxygens (including phenoxy) is 1. The standard InChI is InChI=1S/C24H26N2O3/c27-23-21(29-24(28)26(23)13-10-17-6-2-1-3-7-17)16-18-14-19-8-4-11-25-12-5-9-20(15-18)22(19)25/h2,6-7,14-16H,1,3-5,8-13H2/b21-16+. The number of amides is 2. The van der Waals surface area contributed by atoms with E-state index >= 15 is 0 Å². The van der Waals surface area contributed by atoms with Crippen LogP contribution in [0.4, 0.5) is 10.5 Å². The Kier molecular flexibility index (Phi) is 4.74. The van der Waals surface area contributed by atoms with Crippen LogP contribution in [-0.2, 0) is 22.4 Å². The van der Waals surface area contributed by atoms with E-state index < -0.39 is 6.09 Å². The third kappa shape index (κ3) is 3.50. The van der Waals surface area contributed by atoms with E-state index in [-0.39, 0.29) is 11.7 Å². The Bertz CT molecular complexity index is 926. The summed E-state index contributed by atoms with van der Waals surface area (Å²) in [6.45, 7) is 2.63. The molecule has 1 fully saturated rings. The topological polar surface area (TPSA) is 49.9 Å². The van der Waals surface area contributed by atoms with Crippen molar-refractivity contribution in [2.45, 2.75) is 44.9 Å². The van der Waals surface area contributed by atoms with E-state index in [1.807, 2.05) is 0 Å². The number of hydrogen-bond acceptors (Lipinski definition) is 4. The Balaban J connectivity index is 1.36. The first-order chi connectivity index (χ1) is 14.2. The van der Waals surface area contributed by atoms with Crippen molar-refractivity contribution in [3.63, 3.8) is 0 Å². The summed E-state index contributed by atoms with van der Waals surface area (Å²) in [6, 6.07) is 4.31. The number of rotatable bonds is 4. The first kappa shape index (κ1) is 18.2. The molecule has 3 heterocycles. The van der Waals surface area contributed by atoms with Gasteiger partial charge in [-0.15, -0.1) is 0 Å². The van der Waals surface area contributed by atoms with Crippen molar-refractivity contribution in [1.82, 2.24) is 4.90 Å². The first-order valence-corrected chi connectivity index (χ1v) is 10.7. The maximum Gasteiger partial charge on any atom is 0.422 e. The molecule has 0 bridgehead atoms. The minimum Gasteiger partial charge on any atom is -0.404 e. The highest BCUT2D eigenvalue weighted by Gasteiger charge is 2.36. The number of hydrogen-bond donors (Lipinski definition) is 0. The molecule has 0 N–H and O–H groups in total. The van der Waals surface area contributed by atoms with Crippen LogP contribution < -0.4 is 4.90 Å². The molecule has 0 unspecified atom stereocenters. The molecular formula is C24H26N2O3. The second-order valence-corrected chi connectivity index (χ2v) is 8.22. The molecule has 1 aliphatic carbocycles. The molecular weight excluding hydrogens is 364 g/mol. The van der Waals surface area contributed by atoms with Crippen LogP contribution in [0.15, 0.2) is 41.7 Å². The molecule has 4 aliphatic rings. The second-order valence-electron chi connectivity index (χ2n) is 8.22. The quantitative estimate of drug-likeness (QED) is 0.717. The van der Waals surface area contributed by atoms with Gasteiger partial charge < -0.3 is 9.64 Å². The van der Waals surface area contributed by atoms with Gasteiger partial charge in [-0.3, -0.25) is 4.79 Å². The maximum absolute atomic E-state index is 12.8. The fourth-order valence-corrected chi connectivity index (χ4v) is 4.85. The third-order valence-corrected chi connectivity index (χ3v) is 6.22. The molecule has 29 heavy (non-hydrogen) atoms. The van der Waals surface area contributed by atoms with Gasteiger partial charge in [0.1, 0.15) is 0 Å². The average Bonchev–Trinajstić information content (AvgIpc) is 3.00. The van der Waals surface area contributed by atoms with Gasteiger partial charge in [-0.05, 0) is 79.8 Å². The van der Waals surface area contributed by atoms with Crippen molar-refractivity contribution in [2.75, 3.05) is 24.5 Å². The molecule has 150 valence electrons. The van der Waals surface area contributed by atoms with E-state index in [1.54, 1.807) is 6.08 Å². The van der Waals surface area contributed by atoms with Gasteiger partial charge in [0.25, 0.3) is 5.91 Å². The lowest BCUT2D eigenvalue weighted by atomic mass is 9.90. The van der Waals surface area contributed by atoms with Crippen molar-refractivity contribution in [2.24, 2.45) is 0 Å². The number of nitrogens with zero attached hydrogens (tertiary/aromatic N) is 2. The van der Waals surface area contributed by atoms with E-state index in [0.717, 1.165) is 44.3 Å². The summed E-state index contributed by atoms with van der Waals surface area (Å²) < 4.78 is 5.33. The molecule has 5 nitrogen and oxygen atoms in total. The lowest BCUT2D eigenvalue weighted by molar-refractivity contribution is -0.123. The summed E-state index contributed by atoms with van der Waals surface area (Å²) >= 11 is 0. The van der Waals surface area contributed by atoms with Gasteiger partial charge in [-0.1, -0.05) is 23.8 Å².